The molecule has 3 heteroatoms. The Kier molecular flexibility index (Phi) is 1.55. The summed E-state index contributed by atoms with van der Waals surface area (Å²) in [6.07, 6.45) is 0. The number of hydrogen-bond donors (Lipinski definition) is 0. The van der Waals surface area contributed by atoms with Crippen LogP contribution in [0.15, 0.2) is 0 Å². The molecule has 5 heavy (non-hydrogen) atoms. The maximum atomic E-state index is 4.93. The number of rotatable bonds is 0. The van der Waals surface area contributed by atoms with Gasteiger partial charge >= 0.3 is 41.3 Å². The average molecular weight is 181 g/mol. The van der Waals surface area contributed by atoms with E-state index in [0.29, 0.717) is 0 Å². The van der Waals surface area contributed by atoms with Gasteiger partial charge in [-0.3, -0.25) is 0 Å². The molecule has 0 bridgehead atoms. The van der Waals surface area contributed by atoms with Crippen LogP contribution in [0.5, 0.6) is 0 Å². The van der Waals surface area contributed by atoms with Crippen molar-refractivity contribution in [2.45, 2.75) is 0 Å². The van der Waals surface area contributed by atoms with Gasteiger partial charge in [-0.15, -0.1) is 0 Å². The molecule has 1 fully saturated rings. The van der Waals surface area contributed by atoms with Gasteiger partial charge in [-0.1, -0.05) is 0 Å². The molecule has 0 radical (unpaired) electrons. The molecule has 1 aliphatic rings. The Morgan fingerprint density at radius 1 is 1.20 bits per heavy atom. The van der Waals surface area contributed by atoms with Crippen molar-refractivity contribution in [3.05, 3.63) is 0 Å². The van der Waals surface area contributed by atoms with E-state index in [1.54, 1.807) is 0 Å². The summed E-state index contributed by atoms with van der Waals surface area (Å²) in [6.45, 7) is 1.74. The van der Waals surface area contributed by atoms with Gasteiger partial charge in [0.2, 0.25) is 0 Å². The van der Waals surface area contributed by atoms with Crippen LogP contribution in [0.4, 0.5) is 0 Å². The molecule has 0 aromatic rings. The Morgan fingerprint density at radius 3 is 2.00 bits per heavy atom. The van der Waals surface area contributed by atoms with Gasteiger partial charge in [0.15, 0.2) is 0 Å². The van der Waals surface area contributed by atoms with E-state index < -0.39 is 22.0 Å². The first-order valence-corrected chi connectivity index (χ1v) is 4.95. The van der Waals surface area contributed by atoms with Gasteiger partial charge in [0.1, 0.15) is 0 Å². The third-order valence-corrected chi connectivity index (χ3v) is 3.14. The fourth-order valence-corrected chi connectivity index (χ4v) is 1.98. The number of hydrogen-bond acceptors (Lipinski definition) is 2. The van der Waals surface area contributed by atoms with Crippen molar-refractivity contribution < 1.29 is 6.15 Å². The van der Waals surface area contributed by atoms with Crippen molar-refractivity contribution in [3.8, 4) is 0 Å². The van der Waals surface area contributed by atoms with E-state index in [1.807, 2.05) is 0 Å². The van der Waals surface area contributed by atoms with Crippen molar-refractivity contribution in [3.63, 3.8) is 0 Å². The van der Waals surface area contributed by atoms with E-state index in [1.165, 1.54) is 0 Å². The van der Waals surface area contributed by atoms with Crippen LogP contribution in [0.2, 0.25) is 0 Å². The van der Waals surface area contributed by atoms with Crippen LogP contribution < -0.4 is 0 Å². The molecule has 1 heterocycles. The second kappa shape index (κ2) is 2.00. The molecule has 0 aliphatic carbocycles. The molecular formula is C2H6O2Sn. The second-order valence-electron chi connectivity index (χ2n) is 0.934. The molecule has 30 valence electrons. The fraction of sp³-hybridized carbons (Fsp3) is 1.00. The first-order valence-electron chi connectivity index (χ1n) is 1.65. The van der Waals surface area contributed by atoms with Crippen LogP contribution in [0.1, 0.15) is 0 Å². The molecule has 0 spiro atoms. The quantitative estimate of drug-likeness (QED) is 0.447. The molecule has 1 aliphatic heterocycles. The van der Waals surface area contributed by atoms with Gasteiger partial charge in [-0.2, -0.15) is 0 Å². The molecule has 0 amide bonds. The summed E-state index contributed by atoms with van der Waals surface area (Å²) >= 11 is -0.947. The normalized spacial score (nSPS) is 24.0. The zero-order chi connectivity index (χ0) is 3.54. The minimum atomic E-state index is -0.947. The van der Waals surface area contributed by atoms with Crippen LogP contribution in [0, 0.1) is 0 Å². The maximum absolute atomic E-state index is 4.93. The summed E-state index contributed by atoms with van der Waals surface area (Å²) in [5.41, 5.74) is 0. The summed E-state index contributed by atoms with van der Waals surface area (Å²) in [5.74, 6) is 0. The van der Waals surface area contributed by atoms with Crippen molar-refractivity contribution >= 4 is 22.0 Å². The van der Waals surface area contributed by atoms with E-state index in [9.17, 15) is 0 Å². The molecule has 0 aromatic heterocycles. The van der Waals surface area contributed by atoms with Gasteiger partial charge in [-0.25, -0.2) is 0 Å². The SMILES string of the molecule is C1C[O][SnH2][O]1. The van der Waals surface area contributed by atoms with Gasteiger partial charge in [0.05, 0.1) is 0 Å². The van der Waals surface area contributed by atoms with Crippen LogP contribution in [-0.4, -0.2) is 35.2 Å². The first kappa shape index (κ1) is 3.89. The zero-order valence-corrected chi connectivity index (χ0v) is 6.97. The Bertz CT molecular complexity index is 19.2. The molecule has 1 rings (SSSR count). The van der Waals surface area contributed by atoms with Gasteiger partial charge in [-0.05, 0) is 0 Å². The monoisotopic (exact) mass is 182 g/mol. The fourth-order valence-electron chi connectivity index (χ4n) is 0.295. The second-order valence-corrected chi connectivity index (χ2v) is 3.94. The topological polar surface area (TPSA) is 18.5 Å². The summed E-state index contributed by atoms with van der Waals surface area (Å²) < 4.78 is 9.86. The van der Waals surface area contributed by atoms with Crippen molar-refractivity contribution in [2.75, 3.05) is 13.2 Å². The average Bonchev–Trinajstić information content (AvgIpc) is 1.76. The van der Waals surface area contributed by atoms with Crippen molar-refractivity contribution in [1.29, 1.82) is 0 Å². The van der Waals surface area contributed by atoms with Gasteiger partial charge in [0, 0.05) is 0 Å². The standard InChI is InChI=1S/C2H4O2.Sn.2H/c3-1-2-4;;;/h1-2H2;;;/q-2;+2;;. The van der Waals surface area contributed by atoms with Crippen molar-refractivity contribution in [2.24, 2.45) is 0 Å². The van der Waals surface area contributed by atoms with E-state index >= 15 is 0 Å². The molecule has 0 atom stereocenters. The van der Waals surface area contributed by atoms with Crippen LogP contribution in [0.25, 0.3) is 0 Å². The van der Waals surface area contributed by atoms with Crippen LogP contribution in [-0.2, 0) is 6.15 Å². The molecule has 2 nitrogen and oxygen atoms in total. The van der Waals surface area contributed by atoms with Crippen molar-refractivity contribution in [1.82, 2.24) is 0 Å². The predicted molar refractivity (Wildman–Crippen MR) is 20.4 cm³/mol. The third kappa shape index (κ3) is 1.07. The predicted octanol–water partition coefficient (Wildman–Crippen LogP) is -0.968. The molecule has 0 aromatic carbocycles. The summed E-state index contributed by atoms with van der Waals surface area (Å²) in [4.78, 5) is 0. The minimum absolute atomic E-state index is 0.871. The summed E-state index contributed by atoms with van der Waals surface area (Å²) in [5, 5.41) is 0. The molecule has 0 saturated carbocycles. The van der Waals surface area contributed by atoms with E-state index in [0.717, 1.165) is 13.2 Å². The summed E-state index contributed by atoms with van der Waals surface area (Å²) in [6, 6.07) is 0. The van der Waals surface area contributed by atoms with Gasteiger partial charge < -0.3 is 0 Å². The van der Waals surface area contributed by atoms with E-state index in [2.05, 4.69) is 0 Å². The van der Waals surface area contributed by atoms with E-state index in [4.69, 9.17) is 6.15 Å². The van der Waals surface area contributed by atoms with Crippen LogP contribution >= 0.6 is 0 Å². The Hall–Kier alpha value is 0.719. The first-order chi connectivity index (χ1) is 2.50. The molecule has 1 saturated heterocycles. The Balaban J connectivity index is 2.08. The zero-order valence-electron chi connectivity index (χ0n) is 2.94. The van der Waals surface area contributed by atoms with Gasteiger partial charge in [0.25, 0.3) is 0 Å². The third-order valence-electron chi connectivity index (χ3n) is 0.539. The Morgan fingerprint density at radius 2 is 1.80 bits per heavy atom. The Labute approximate surface area is 41.8 Å². The molecular weight excluding hydrogens is 175 g/mol. The molecule has 0 unspecified atom stereocenters. The summed E-state index contributed by atoms with van der Waals surface area (Å²) in [7, 11) is 0. The van der Waals surface area contributed by atoms with E-state index in [-0.39, 0.29) is 0 Å². The molecule has 0 N–H and O–H groups in total. The van der Waals surface area contributed by atoms with Crippen LogP contribution in [0.3, 0.4) is 0 Å².